The van der Waals surface area contributed by atoms with Gasteiger partial charge in [-0.15, -0.1) is 0 Å². The van der Waals surface area contributed by atoms with Gasteiger partial charge in [0.05, 0.1) is 41.2 Å². The summed E-state index contributed by atoms with van der Waals surface area (Å²) in [7, 11) is 0. The molecule has 4 rings (SSSR count). The van der Waals surface area contributed by atoms with Crippen molar-refractivity contribution in [1.82, 2.24) is 19.7 Å². The van der Waals surface area contributed by atoms with Crippen LogP contribution in [0.2, 0.25) is 0 Å². The van der Waals surface area contributed by atoms with E-state index in [0.717, 1.165) is 28.0 Å². The van der Waals surface area contributed by atoms with Crippen molar-refractivity contribution in [2.75, 3.05) is 0 Å². The van der Waals surface area contributed by atoms with Gasteiger partial charge in [-0.2, -0.15) is 10.4 Å². The van der Waals surface area contributed by atoms with Gasteiger partial charge < -0.3 is 0 Å². The first-order chi connectivity index (χ1) is 13.2. The van der Waals surface area contributed by atoms with Gasteiger partial charge >= 0.3 is 0 Å². The number of hydrogen-bond acceptors (Lipinski definition) is 4. The molecule has 0 fully saturated rings. The van der Waals surface area contributed by atoms with Crippen molar-refractivity contribution in [2.24, 2.45) is 0 Å². The molecule has 0 N–H and O–H groups in total. The lowest BCUT2D eigenvalue weighted by atomic mass is 10.1. The molecule has 27 heavy (non-hydrogen) atoms. The molecule has 0 amide bonds. The Morgan fingerprint density at radius 3 is 2.48 bits per heavy atom. The summed E-state index contributed by atoms with van der Waals surface area (Å²) in [5, 5.41) is 14.3. The summed E-state index contributed by atoms with van der Waals surface area (Å²) in [5.41, 5.74) is 4.77. The molecule has 0 saturated heterocycles. The fourth-order valence-electron chi connectivity index (χ4n) is 2.97. The number of nitrogens with zero attached hydrogens (tertiary/aromatic N) is 6. The van der Waals surface area contributed by atoms with Crippen LogP contribution >= 0.6 is 0 Å². The summed E-state index contributed by atoms with van der Waals surface area (Å²) < 4.78 is 1.76. The third-order valence-corrected chi connectivity index (χ3v) is 4.30. The van der Waals surface area contributed by atoms with E-state index in [1.165, 1.54) is 0 Å². The van der Waals surface area contributed by atoms with Gasteiger partial charge in [0.1, 0.15) is 5.82 Å². The molecule has 2 heterocycles. The minimum atomic E-state index is 0.586. The fraction of sp³-hybridized carbons (Fsp3) is 0.0952. The first kappa shape index (κ1) is 16.4. The smallest absolute Gasteiger partial charge is 0.187 e. The number of rotatable bonds is 3. The second-order valence-corrected chi connectivity index (χ2v) is 6.12. The number of aromatic nitrogens is 4. The molecular weight excluding hydrogens is 336 g/mol. The van der Waals surface area contributed by atoms with E-state index in [0.29, 0.717) is 23.5 Å². The Morgan fingerprint density at radius 2 is 1.81 bits per heavy atom. The van der Waals surface area contributed by atoms with Crippen molar-refractivity contribution in [1.29, 1.82) is 5.26 Å². The van der Waals surface area contributed by atoms with Gasteiger partial charge in [-0.3, -0.25) is 0 Å². The molecule has 4 aromatic rings. The van der Waals surface area contributed by atoms with Crippen LogP contribution in [-0.2, 0) is 6.42 Å². The maximum Gasteiger partial charge on any atom is 0.187 e. The quantitative estimate of drug-likeness (QED) is 0.521. The van der Waals surface area contributed by atoms with Crippen LogP contribution in [-0.4, -0.2) is 19.7 Å². The number of fused-ring (bicyclic) bond motifs is 1. The topological polar surface area (TPSA) is 71.8 Å². The van der Waals surface area contributed by atoms with Crippen LogP contribution in [0.4, 0.5) is 5.69 Å². The SMILES string of the molecule is [C-]#[N+]c1ccc(-n2ncc3c(Cc4ccc(C#N)cc4)nc(C)nc32)cc1. The zero-order chi connectivity index (χ0) is 18.8. The zero-order valence-corrected chi connectivity index (χ0v) is 14.6. The summed E-state index contributed by atoms with van der Waals surface area (Å²) in [6.07, 6.45) is 2.41. The molecule has 2 aromatic heterocycles. The Balaban J connectivity index is 1.77. The average Bonchev–Trinajstić information content (AvgIpc) is 3.12. The van der Waals surface area contributed by atoms with Crippen molar-refractivity contribution in [3.63, 3.8) is 0 Å². The zero-order valence-electron chi connectivity index (χ0n) is 14.6. The van der Waals surface area contributed by atoms with Crippen molar-refractivity contribution in [3.8, 4) is 11.8 Å². The number of benzene rings is 2. The third-order valence-electron chi connectivity index (χ3n) is 4.30. The van der Waals surface area contributed by atoms with E-state index < -0.39 is 0 Å². The van der Waals surface area contributed by atoms with Crippen LogP contribution in [0.1, 0.15) is 22.6 Å². The molecule has 0 aliphatic heterocycles. The van der Waals surface area contributed by atoms with E-state index in [1.54, 1.807) is 23.0 Å². The predicted octanol–water partition coefficient (Wildman–Crippen LogP) is 4.14. The van der Waals surface area contributed by atoms with E-state index in [1.807, 2.05) is 43.3 Å². The predicted molar refractivity (Wildman–Crippen MR) is 102 cm³/mol. The molecule has 0 bridgehead atoms. The third kappa shape index (κ3) is 3.12. The highest BCUT2D eigenvalue weighted by atomic mass is 15.3. The van der Waals surface area contributed by atoms with Gasteiger partial charge in [0, 0.05) is 6.42 Å². The lowest BCUT2D eigenvalue weighted by molar-refractivity contribution is 0.887. The number of hydrogen-bond donors (Lipinski definition) is 0. The van der Waals surface area contributed by atoms with E-state index in [2.05, 4.69) is 26.0 Å². The summed E-state index contributed by atoms with van der Waals surface area (Å²) in [4.78, 5) is 12.6. The Hall–Kier alpha value is -4.03. The lowest BCUT2D eigenvalue weighted by Crippen LogP contribution is -2.02. The molecule has 0 aliphatic carbocycles. The van der Waals surface area contributed by atoms with Gasteiger partial charge in [0.25, 0.3) is 0 Å². The molecule has 0 radical (unpaired) electrons. The minimum Gasteiger partial charge on any atom is -0.238 e. The highest BCUT2D eigenvalue weighted by Crippen LogP contribution is 2.23. The largest absolute Gasteiger partial charge is 0.238 e. The van der Waals surface area contributed by atoms with Gasteiger partial charge in [0.2, 0.25) is 0 Å². The van der Waals surface area contributed by atoms with Gasteiger partial charge in [-0.05, 0) is 36.8 Å². The van der Waals surface area contributed by atoms with Gasteiger partial charge in [-0.1, -0.05) is 24.3 Å². The van der Waals surface area contributed by atoms with E-state index in [9.17, 15) is 0 Å². The molecule has 128 valence electrons. The van der Waals surface area contributed by atoms with Crippen LogP contribution in [0.5, 0.6) is 0 Å². The highest BCUT2D eigenvalue weighted by molar-refractivity contribution is 5.79. The Kier molecular flexibility index (Phi) is 4.08. The molecule has 0 spiro atoms. The van der Waals surface area contributed by atoms with Crippen LogP contribution in [0.25, 0.3) is 21.6 Å². The Labute approximate surface area is 156 Å². The number of nitriles is 1. The maximum absolute atomic E-state index is 8.94. The first-order valence-electron chi connectivity index (χ1n) is 8.36. The van der Waals surface area contributed by atoms with Crippen molar-refractivity contribution in [2.45, 2.75) is 13.3 Å². The first-order valence-corrected chi connectivity index (χ1v) is 8.36. The molecule has 6 heteroatoms. The van der Waals surface area contributed by atoms with E-state index in [4.69, 9.17) is 11.8 Å². The normalized spacial score (nSPS) is 10.5. The van der Waals surface area contributed by atoms with Crippen molar-refractivity contribution in [3.05, 3.63) is 88.8 Å². The molecule has 0 unspecified atom stereocenters. The molecule has 0 saturated carbocycles. The van der Waals surface area contributed by atoms with Crippen molar-refractivity contribution < 1.29 is 0 Å². The second kappa shape index (κ2) is 6.70. The fourth-order valence-corrected chi connectivity index (χ4v) is 2.97. The van der Waals surface area contributed by atoms with E-state index >= 15 is 0 Å². The van der Waals surface area contributed by atoms with Crippen molar-refractivity contribution >= 4 is 16.7 Å². The molecule has 6 nitrogen and oxygen atoms in total. The van der Waals surface area contributed by atoms with Gasteiger partial charge in [0.15, 0.2) is 11.3 Å². The molecule has 0 aliphatic rings. The molecular formula is C21H14N6. The summed E-state index contributed by atoms with van der Waals surface area (Å²) in [5.74, 6) is 0.672. The minimum absolute atomic E-state index is 0.586. The summed E-state index contributed by atoms with van der Waals surface area (Å²) in [6.45, 7) is 8.93. The monoisotopic (exact) mass is 350 g/mol. The molecule has 0 atom stereocenters. The van der Waals surface area contributed by atoms with Crippen LogP contribution in [0.3, 0.4) is 0 Å². The standard InChI is InChI=1S/C21H14N6/c1-14-25-20(11-15-3-5-16(12-22)6-4-15)19-13-24-27(21(19)26-14)18-9-7-17(23-2)8-10-18/h3-10,13H,11H2,1H3. The second-order valence-electron chi connectivity index (χ2n) is 6.12. The Bertz CT molecular complexity index is 1210. The lowest BCUT2D eigenvalue weighted by Gasteiger charge is -2.07. The number of aryl methyl sites for hydroxylation is 1. The average molecular weight is 350 g/mol. The highest BCUT2D eigenvalue weighted by Gasteiger charge is 2.13. The summed E-state index contributed by atoms with van der Waals surface area (Å²) >= 11 is 0. The van der Waals surface area contributed by atoms with Crippen LogP contribution in [0.15, 0.2) is 54.7 Å². The molecule has 2 aromatic carbocycles. The van der Waals surface area contributed by atoms with Crippen LogP contribution in [0, 0.1) is 24.8 Å². The van der Waals surface area contributed by atoms with E-state index in [-0.39, 0.29) is 0 Å². The maximum atomic E-state index is 8.94. The Morgan fingerprint density at radius 1 is 1.07 bits per heavy atom. The van der Waals surface area contributed by atoms with Gasteiger partial charge in [-0.25, -0.2) is 19.5 Å². The summed E-state index contributed by atoms with van der Waals surface area (Å²) in [6, 6.07) is 16.9. The van der Waals surface area contributed by atoms with Crippen LogP contribution < -0.4 is 0 Å².